The van der Waals surface area contributed by atoms with Crippen LogP contribution < -0.4 is 10.6 Å². The maximum atomic E-state index is 6.04. The van der Waals surface area contributed by atoms with Gasteiger partial charge in [0.2, 0.25) is 0 Å². The van der Waals surface area contributed by atoms with Gasteiger partial charge in [0.15, 0.2) is 0 Å². The van der Waals surface area contributed by atoms with E-state index in [1.54, 1.807) is 0 Å². The monoisotopic (exact) mass is 241 g/mol. The molecule has 0 fully saturated rings. The predicted molar refractivity (Wildman–Crippen MR) is 66.4 cm³/mol. The first-order chi connectivity index (χ1) is 7.77. The van der Waals surface area contributed by atoms with Crippen molar-refractivity contribution in [2.24, 2.45) is 5.90 Å². The SMILES string of the molecule is CCOc1ccc(/C=C/CCON)cc1Cl. The Morgan fingerprint density at radius 1 is 1.44 bits per heavy atom. The number of halogens is 1. The standard InChI is InChI=1S/C12H16ClNO2/c1-2-15-12-7-6-10(9-11(12)13)5-3-4-8-16-14/h3,5-7,9H,2,4,8,14H2,1H3/b5-3+. The van der Waals surface area contributed by atoms with E-state index >= 15 is 0 Å². The molecule has 0 heterocycles. The lowest BCUT2D eigenvalue weighted by Crippen LogP contribution is -1.98. The van der Waals surface area contributed by atoms with Crippen molar-refractivity contribution in [3.63, 3.8) is 0 Å². The van der Waals surface area contributed by atoms with Crippen molar-refractivity contribution in [1.29, 1.82) is 0 Å². The molecule has 0 unspecified atom stereocenters. The van der Waals surface area contributed by atoms with Crippen LogP contribution in [0, 0.1) is 0 Å². The van der Waals surface area contributed by atoms with Gasteiger partial charge >= 0.3 is 0 Å². The van der Waals surface area contributed by atoms with Gasteiger partial charge < -0.3 is 9.57 Å². The summed E-state index contributed by atoms with van der Waals surface area (Å²) < 4.78 is 5.34. The topological polar surface area (TPSA) is 44.5 Å². The Hall–Kier alpha value is -1.03. The minimum atomic E-state index is 0.515. The Balaban J connectivity index is 2.62. The Morgan fingerprint density at radius 3 is 2.88 bits per heavy atom. The van der Waals surface area contributed by atoms with Crippen LogP contribution in [-0.2, 0) is 4.84 Å². The van der Waals surface area contributed by atoms with Crippen LogP contribution in [0.4, 0.5) is 0 Å². The third-order valence-corrected chi connectivity index (χ3v) is 2.26. The molecule has 1 aromatic carbocycles. The van der Waals surface area contributed by atoms with Gasteiger partial charge in [-0.2, -0.15) is 0 Å². The number of hydrogen-bond donors (Lipinski definition) is 1. The van der Waals surface area contributed by atoms with E-state index in [1.165, 1.54) is 0 Å². The summed E-state index contributed by atoms with van der Waals surface area (Å²) in [6.07, 6.45) is 4.74. The molecular formula is C12H16ClNO2. The maximum Gasteiger partial charge on any atom is 0.137 e. The Kier molecular flexibility index (Phi) is 5.93. The first-order valence-electron chi connectivity index (χ1n) is 5.18. The molecule has 0 radical (unpaired) electrons. The molecule has 0 aliphatic carbocycles. The van der Waals surface area contributed by atoms with Gasteiger partial charge in [-0.3, -0.25) is 0 Å². The summed E-state index contributed by atoms with van der Waals surface area (Å²) in [5, 5.41) is 0.624. The summed E-state index contributed by atoms with van der Waals surface area (Å²) >= 11 is 6.04. The molecule has 3 nitrogen and oxygen atoms in total. The third kappa shape index (κ3) is 4.23. The largest absolute Gasteiger partial charge is 0.492 e. The van der Waals surface area contributed by atoms with Gasteiger partial charge in [-0.25, -0.2) is 5.90 Å². The van der Waals surface area contributed by atoms with E-state index in [0.717, 1.165) is 12.0 Å². The van der Waals surface area contributed by atoms with Crippen LogP contribution in [0.5, 0.6) is 5.75 Å². The average Bonchev–Trinajstić information content (AvgIpc) is 2.28. The number of hydrogen-bond acceptors (Lipinski definition) is 3. The molecule has 16 heavy (non-hydrogen) atoms. The van der Waals surface area contributed by atoms with Crippen molar-refractivity contribution in [2.75, 3.05) is 13.2 Å². The van der Waals surface area contributed by atoms with E-state index in [4.69, 9.17) is 22.2 Å². The molecular weight excluding hydrogens is 226 g/mol. The third-order valence-electron chi connectivity index (χ3n) is 1.97. The Morgan fingerprint density at radius 2 is 2.25 bits per heavy atom. The van der Waals surface area contributed by atoms with Gasteiger partial charge in [0, 0.05) is 0 Å². The summed E-state index contributed by atoms with van der Waals surface area (Å²) in [5.74, 6) is 5.63. The van der Waals surface area contributed by atoms with Crippen molar-refractivity contribution in [3.05, 3.63) is 34.9 Å². The van der Waals surface area contributed by atoms with Gasteiger partial charge in [-0.05, 0) is 31.0 Å². The number of benzene rings is 1. The minimum absolute atomic E-state index is 0.515. The fraction of sp³-hybridized carbons (Fsp3) is 0.333. The first-order valence-corrected chi connectivity index (χ1v) is 5.56. The van der Waals surface area contributed by atoms with Crippen LogP contribution in [0.25, 0.3) is 6.08 Å². The minimum Gasteiger partial charge on any atom is -0.492 e. The second-order valence-electron chi connectivity index (χ2n) is 3.18. The van der Waals surface area contributed by atoms with Crippen molar-refractivity contribution in [3.8, 4) is 5.75 Å². The fourth-order valence-electron chi connectivity index (χ4n) is 1.25. The molecule has 2 N–H and O–H groups in total. The molecule has 0 spiro atoms. The molecule has 0 aromatic heterocycles. The first kappa shape index (κ1) is 13.0. The summed E-state index contributed by atoms with van der Waals surface area (Å²) in [7, 11) is 0. The van der Waals surface area contributed by atoms with E-state index in [9.17, 15) is 0 Å². The van der Waals surface area contributed by atoms with E-state index in [2.05, 4.69) is 4.84 Å². The molecule has 0 aliphatic rings. The predicted octanol–water partition coefficient (Wildman–Crippen LogP) is 3.03. The number of nitrogens with two attached hydrogens (primary N) is 1. The molecule has 0 bridgehead atoms. The van der Waals surface area contributed by atoms with Gasteiger partial charge in [0.1, 0.15) is 5.75 Å². The second-order valence-corrected chi connectivity index (χ2v) is 3.59. The van der Waals surface area contributed by atoms with Crippen molar-refractivity contribution in [1.82, 2.24) is 0 Å². The van der Waals surface area contributed by atoms with Crippen LogP contribution in [-0.4, -0.2) is 13.2 Å². The molecule has 0 aliphatic heterocycles. The van der Waals surface area contributed by atoms with Gasteiger partial charge in [0.25, 0.3) is 0 Å². The van der Waals surface area contributed by atoms with Crippen LogP contribution in [0.1, 0.15) is 18.9 Å². The molecule has 1 rings (SSSR count). The van der Waals surface area contributed by atoms with Gasteiger partial charge in [0.05, 0.1) is 18.2 Å². The lowest BCUT2D eigenvalue weighted by molar-refractivity contribution is 0.143. The summed E-state index contributed by atoms with van der Waals surface area (Å²) in [6.45, 7) is 3.06. The highest BCUT2D eigenvalue weighted by atomic mass is 35.5. The molecule has 0 saturated heterocycles. The quantitative estimate of drug-likeness (QED) is 0.615. The van der Waals surface area contributed by atoms with Crippen molar-refractivity contribution in [2.45, 2.75) is 13.3 Å². The second kappa shape index (κ2) is 7.28. The fourth-order valence-corrected chi connectivity index (χ4v) is 1.49. The van der Waals surface area contributed by atoms with E-state index < -0.39 is 0 Å². The van der Waals surface area contributed by atoms with Crippen molar-refractivity contribution < 1.29 is 9.57 Å². The Labute approximate surface area is 101 Å². The van der Waals surface area contributed by atoms with Gasteiger partial charge in [-0.15, -0.1) is 0 Å². The zero-order chi connectivity index (χ0) is 11.8. The van der Waals surface area contributed by atoms with Crippen LogP contribution in [0.15, 0.2) is 24.3 Å². The zero-order valence-electron chi connectivity index (χ0n) is 9.28. The van der Waals surface area contributed by atoms with E-state index in [0.29, 0.717) is 24.0 Å². The highest BCUT2D eigenvalue weighted by Crippen LogP contribution is 2.25. The zero-order valence-corrected chi connectivity index (χ0v) is 10.0. The lowest BCUT2D eigenvalue weighted by atomic mass is 10.2. The summed E-state index contributed by atoms with van der Waals surface area (Å²) in [5.41, 5.74) is 1.03. The van der Waals surface area contributed by atoms with E-state index in [-0.39, 0.29) is 0 Å². The van der Waals surface area contributed by atoms with Gasteiger partial charge in [-0.1, -0.05) is 29.8 Å². The normalized spacial score (nSPS) is 10.9. The van der Waals surface area contributed by atoms with Crippen LogP contribution in [0.2, 0.25) is 5.02 Å². The molecule has 0 atom stereocenters. The van der Waals surface area contributed by atoms with Crippen molar-refractivity contribution >= 4 is 17.7 Å². The van der Waals surface area contributed by atoms with E-state index in [1.807, 2.05) is 37.3 Å². The molecule has 4 heteroatoms. The van der Waals surface area contributed by atoms with Crippen LogP contribution in [0.3, 0.4) is 0 Å². The molecule has 0 amide bonds. The summed E-state index contributed by atoms with van der Waals surface area (Å²) in [6, 6.07) is 5.69. The van der Waals surface area contributed by atoms with Crippen LogP contribution >= 0.6 is 11.6 Å². The molecule has 1 aromatic rings. The molecule has 0 saturated carbocycles. The number of rotatable bonds is 6. The highest BCUT2D eigenvalue weighted by Gasteiger charge is 2.00. The molecule has 88 valence electrons. The number of ether oxygens (including phenoxy) is 1. The average molecular weight is 242 g/mol. The summed E-state index contributed by atoms with van der Waals surface area (Å²) in [4.78, 5) is 4.46. The maximum absolute atomic E-state index is 6.04. The Bertz CT molecular complexity index is 353. The lowest BCUT2D eigenvalue weighted by Gasteiger charge is -2.05. The smallest absolute Gasteiger partial charge is 0.137 e. The highest BCUT2D eigenvalue weighted by molar-refractivity contribution is 6.32.